The third kappa shape index (κ3) is 54.6. The number of hydrogen-bond acceptors (Lipinski definition) is 6. The first kappa shape index (κ1) is 64.8. The lowest BCUT2D eigenvalue weighted by Crippen LogP contribution is -2.30. The van der Waals surface area contributed by atoms with Gasteiger partial charge in [0.2, 0.25) is 0 Å². The average molecular weight is 956 g/mol. The van der Waals surface area contributed by atoms with Gasteiger partial charge in [-0.2, -0.15) is 0 Å². The number of esters is 3. The highest BCUT2D eigenvalue weighted by Crippen LogP contribution is 2.14. The average Bonchev–Trinajstić information content (AvgIpc) is 3.35. The highest BCUT2D eigenvalue weighted by molar-refractivity contribution is 5.71. The Kier molecular flexibility index (Phi) is 53.0. The van der Waals surface area contributed by atoms with Crippen LogP contribution in [-0.2, 0) is 28.6 Å². The molecule has 0 saturated carbocycles. The molecule has 0 aromatic rings. The van der Waals surface area contributed by atoms with Crippen molar-refractivity contribution in [2.24, 2.45) is 0 Å². The highest BCUT2D eigenvalue weighted by atomic mass is 16.6. The normalized spacial score (nSPS) is 13.0. The lowest BCUT2D eigenvalue weighted by molar-refractivity contribution is -0.167. The van der Waals surface area contributed by atoms with Crippen LogP contribution in [-0.4, -0.2) is 37.2 Å². The minimum absolute atomic E-state index is 0.0972. The van der Waals surface area contributed by atoms with Crippen molar-refractivity contribution in [3.63, 3.8) is 0 Å². The second kappa shape index (κ2) is 56.4. The van der Waals surface area contributed by atoms with E-state index in [0.29, 0.717) is 19.3 Å². The molecule has 0 rings (SSSR count). The summed E-state index contributed by atoms with van der Waals surface area (Å²) in [6.07, 6.45) is 77.6. The molecule has 0 aromatic carbocycles. The molecule has 0 bridgehead atoms. The molecule has 390 valence electrons. The molecule has 0 radical (unpaired) electrons. The minimum atomic E-state index is -0.802. The number of ether oxygens (including phenoxy) is 3. The molecule has 0 aliphatic carbocycles. The van der Waals surface area contributed by atoms with Crippen LogP contribution in [0.2, 0.25) is 0 Å². The largest absolute Gasteiger partial charge is 0.462 e. The molecule has 6 nitrogen and oxygen atoms in total. The summed E-state index contributed by atoms with van der Waals surface area (Å²) in [5.41, 5.74) is 0. The van der Waals surface area contributed by atoms with Gasteiger partial charge in [-0.05, 0) is 109 Å². The Hall–Kier alpha value is -4.19. The Morgan fingerprint density at radius 2 is 0.565 bits per heavy atom. The molecule has 0 aliphatic rings. The smallest absolute Gasteiger partial charge is 0.306 e. The fraction of sp³-hybridized carbons (Fsp3) is 0.635. The maximum Gasteiger partial charge on any atom is 0.306 e. The maximum absolute atomic E-state index is 12.8. The third-order valence-corrected chi connectivity index (χ3v) is 11.5. The lowest BCUT2D eigenvalue weighted by atomic mass is 10.1. The first-order valence-corrected chi connectivity index (χ1v) is 28.0. The third-order valence-electron chi connectivity index (χ3n) is 11.5. The van der Waals surface area contributed by atoms with E-state index < -0.39 is 6.10 Å². The number of unbranched alkanes of at least 4 members (excludes halogenated alkanes) is 18. The summed E-state index contributed by atoms with van der Waals surface area (Å²) < 4.78 is 16.8. The molecule has 1 unspecified atom stereocenters. The quantitative estimate of drug-likeness (QED) is 0.0262. The monoisotopic (exact) mass is 955 g/mol. The fourth-order valence-electron chi connectivity index (χ4n) is 7.32. The fourth-order valence-corrected chi connectivity index (χ4v) is 7.32. The van der Waals surface area contributed by atoms with Gasteiger partial charge in [0.05, 0.1) is 0 Å². The van der Waals surface area contributed by atoms with Crippen molar-refractivity contribution in [3.8, 4) is 0 Å². The Morgan fingerprint density at radius 1 is 0.304 bits per heavy atom. The summed E-state index contributed by atoms with van der Waals surface area (Å²) in [7, 11) is 0. The molecule has 0 heterocycles. The Bertz CT molecular complexity index is 1470. The van der Waals surface area contributed by atoms with Gasteiger partial charge in [-0.25, -0.2) is 0 Å². The van der Waals surface area contributed by atoms with Crippen LogP contribution in [0.15, 0.2) is 122 Å². The SMILES string of the molecule is CC/C=C\C/C=C\C/C=C\C/C=C\C/C=C\C/C=C\C/C=C\CCCCCC(=O)OCC(COC(=O)CCCCCCCCCCCCC)OC(=O)CCCCCCC/C=C\C/C=C\C/C=C\CC. The van der Waals surface area contributed by atoms with Crippen LogP contribution in [0, 0.1) is 0 Å². The van der Waals surface area contributed by atoms with Crippen molar-refractivity contribution in [1.29, 1.82) is 0 Å². The second-order valence-electron chi connectivity index (χ2n) is 18.1. The molecule has 0 aromatic heterocycles. The standard InChI is InChI=1S/C63H102O6/c1-4-7-10-13-16-19-22-24-26-27-28-29-30-31-32-33-34-35-37-38-41-44-47-50-53-56-62(65)68-59-60(58-67-61(64)55-52-49-46-43-40-21-18-15-12-9-6-3)69-63(66)57-54-51-48-45-42-39-36-25-23-20-17-14-11-8-5-2/h7-8,10-11,16-17,19-20,24-26,28-29,31-32,34-36,38,41,60H,4-6,9,12-15,18,21-23,27,30,33,37,39-40,42-59H2,1-3H3/b10-7-,11-8-,19-16-,20-17-,26-24-,29-28-,32-31-,35-34-,36-25-,41-38-. The van der Waals surface area contributed by atoms with Gasteiger partial charge in [-0.1, -0.05) is 232 Å². The summed E-state index contributed by atoms with van der Waals surface area (Å²) >= 11 is 0. The molecule has 0 spiro atoms. The Labute approximate surface area is 424 Å². The summed E-state index contributed by atoms with van der Waals surface area (Å²) in [5, 5.41) is 0. The van der Waals surface area contributed by atoms with Crippen LogP contribution in [0.4, 0.5) is 0 Å². The van der Waals surface area contributed by atoms with Gasteiger partial charge in [0, 0.05) is 19.3 Å². The zero-order chi connectivity index (χ0) is 50.0. The van der Waals surface area contributed by atoms with Gasteiger partial charge >= 0.3 is 17.9 Å². The number of carbonyl (C=O) groups is 3. The summed E-state index contributed by atoms with van der Waals surface area (Å²) in [5.74, 6) is -0.953. The van der Waals surface area contributed by atoms with Crippen molar-refractivity contribution in [2.45, 2.75) is 245 Å². The molecule has 0 aliphatic heterocycles. The van der Waals surface area contributed by atoms with E-state index >= 15 is 0 Å². The maximum atomic E-state index is 12.8. The van der Waals surface area contributed by atoms with E-state index in [2.05, 4.69) is 142 Å². The van der Waals surface area contributed by atoms with Crippen LogP contribution in [0.3, 0.4) is 0 Å². The van der Waals surface area contributed by atoms with E-state index in [4.69, 9.17) is 14.2 Å². The Morgan fingerprint density at radius 3 is 0.899 bits per heavy atom. The molecule has 0 amide bonds. The van der Waals surface area contributed by atoms with Gasteiger partial charge in [-0.15, -0.1) is 0 Å². The lowest BCUT2D eigenvalue weighted by Gasteiger charge is -2.18. The first-order chi connectivity index (χ1) is 34.0. The minimum Gasteiger partial charge on any atom is -0.462 e. The number of allylic oxidation sites excluding steroid dienone is 20. The van der Waals surface area contributed by atoms with E-state index in [1.54, 1.807) is 0 Å². The van der Waals surface area contributed by atoms with E-state index in [1.807, 2.05) is 0 Å². The molecule has 1 atom stereocenters. The topological polar surface area (TPSA) is 78.9 Å². The van der Waals surface area contributed by atoms with Gasteiger partial charge < -0.3 is 14.2 Å². The van der Waals surface area contributed by atoms with E-state index in [0.717, 1.165) is 148 Å². The van der Waals surface area contributed by atoms with Gasteiger partial charge in [-0.3, -0.25) is 14.4 Å². The predicted molar refractivity (Wildman–Crippen MR) is 297 cm³/mol. The zero-order valence-electron chi connectivity index (χ0n) is 44.5. The van der Waals surface area contributed by atoms with Crippen molar-refractivity contribution in [3.05, 3.63) is 122 Å². The molecule has 0 fully saturated rings. The molecule has 0 saturated heterocycles. The summed E-state index contributed by atoms with van der Waals surface area (Å²) in [6.45, 7) is 6.35. The van der Waals surface area contributed by atoms with E-state index in [1.165, 1.54) is 51.4 Å². The second-order valence-corrected chi connectivity index (χ2v) is 18.1. The van der Waals surface area contributed by atoms with Crippen LogP contribution in [0.1, 0.15) is 239 Å². The van der Waals surface area contributed by atoms with Crippen molar-refractivity contribution >= 4 is 17.9 Å². The van der Waals surface area contributed by atoms with Gasteiger partial charge in [0.1, 0.15) is 13.2 Å². The van der Waals surface area contributed by atoms with Gasteiger partial charge in [0.25, 0.3) is 0 Å². The van der Waals surface area contributed by atoms with Crippen LogP contribution < -0.4 is 0 Å². The summed E-state index contributed by atoms with van der Waals surface area (Å²) in [6, 6.07) is 0. The zero-order valence-corrected chi connectivity index (χ0v) is 44.5. The highest BCUT2D eigenvalue weighted by Gasteiger charge is 2.19. The van der Waals surface area contributed by atoms with E-state index in [9.17, 15) is 14.4 Å². The number of rotatable bonds is 49. The van der Waals surface area contributed by atoms with Crippen LogP contribution in [0.25, 0.3) is 0 Å². The van der Waals surface area contributed by atoms with Crippen molar-refractivity contribution in [2.75, 3.05) is 13.2 Å². The van der Waals surface area contributed by atoms with Crippen molar-refractivity contribution in [1.82, 2.24) is 0 Å². The van der Waals surface area contributed by atoms with Crippen molar-refractivity contribution < 1.29 is 28.6 Å². The first-order valence-electron chi connectivity index (χ1n) is 28.0. The number of hydrogen-bond donors (Lipinski definition) is 0. The molecule has 69 heavy (non-hydrogen) atoms. The Balaban J connectivity index is 4.42. The molecular formula is C63H102O6. The van der Waals surface area contributed by atoms with Crippen LogP contribution >= 0.6 is 0 Å². The van der Waals surface area contributed by atoms with E-state index in [-0.39, 0.29) is 31.1 Å². The molecule has 6 heteroatoms. The number of carbonyl (C=O) groups excluding carboxylic acids is 3. The molecular weight excluding hydrogens is 853 g/mol. The van der Waals surface area contributed by atoms with Gasteiger partial charge in [0.15, 0.2) is 6.10 Å². The predicted octanol–water partition coefficient (Wildman–Crippen LogP) is 18.9. The molecule has 0 N–H and O–H groups in total. The summed E-state index contributed by atoms with van der Waals surface area (Å²) in [4.78, 5) is 38.1. The van der Waals surface area contributed by atoms with Crippen LogP contribution in [0.5, 0.6) is 0 Å².